The quantitative estimate of drug-likeness (QED) is 0.577. The maximum absolute atomic E-state index is 12.3. The fourth-order valence-corrected chi connectivity index (χ4v) is 2.82. The first-order valence-corrected chi connectivity index (χ1v) is 7.67. The van der Waals surface area contributed by atoms with Crippen molar-refractivity contribution in [2.75, 3.05) is 52.6 Å². The number of hydrogen-bond donors (Lipinski definition) is 1. The molecule has 2 saturated heterocycles. The molecule has 0 aromatic carbocycles. The van der Waals surface area contributed by atoms with Gasteiger partial charge in [-0.1, -0.05) is 0 Å². The minimum absolute atomic E-state index is 0.523. The van der Waals surface area contributed by atoms with Gasteiger partial charge in [-0.25, -0.2) is 13.8 Å². The van der Waals surface area contributed by atoms with Gasteiger partial charge in [0.15, 0.2) is 0 Å². The summed E-state index contributed by atoms with van der Waals surface area (Å²) in [7, 11) is -3.58. The molecule has 0 aliphatic carbocycles. The minimum Gasteiger partial charge on any atom is -0.379 e. The van der Waals surface area contributed by atoms with E-state index in [1.54, 1.807) is 0 Å². The largest absolute Gasteiger partial charge is 0.452 e. The molecule has 2 fully saturated rings. The van der Waals surface area contributed by atoms with Crippen molar-refractivity contribution in [1.29, 1.82) is 0 Å². The van der Waals surface area contributed by atoms with Crippen molar-refractivity contribution in [2.24, 2.45) is 0 Å². The smallest absolute Gasteiger partial charge is 0.379 e. The van der Waals surface area contributed by atoms with E-state index in [1.165, 1.54) is 10.1 Å². The van der Waals surface area contributed by atoms with Gasteiger partial charge in [0.05, 0.1) is 26.4 Å². The number of ether oxygens (including phenoxy) is 2. The maximum atomic E-state index is 12.3. The van der Waals surface area contributed by atoms with Gasteiger partial charge in [-0.15, -0.1) is 4.61 Å². The van der Waals surface area contributed by atoms with Crippen LogP contribution >= 0.6 is 19.5 Å². The zero-order valence-corrected chi connectivity index (χ0v) is 11.6. The van der Waals surface area contributed by atoms with Gasteiger partial charge in [-0.3, -0.25) is 0 Å². The Morgan fingerprint density at radius 1 is 0.944 bits per heavy atom. The van der Waals surface area contributed by atoms with Crippen LogP contribution in [0.2, 0.25) is 0 Å². The number of morpholine rings is 2. The van der Waals surface area contributed by atoms with Gasteiger partial charge in [0.1, 0.15) is 0 Å². The summed E-state index contributed by atoms with van der Waals surface area (Å²) in [6, 6.07) is 0. The number of hydrogen-bond acceptors (Lipinski definition) is 7. The number of halogens is 1. The second-order valence-corrected chi connectivity index (χ2v) is 5.83. The topological polar surface area (TPSA) is 72.5 Å². The lowest BCUT2D eigenvalue weighted by molar-refractivity contribution is -0.167. The molecule has 18 heavy (non-hydrogen) atoms. The monoisotopic (exact) mass is 301 g/mol. The summed E-state index contributed by atoms with van der Waals surface area (Å²) >= 11 is 5.47. The van der Waals surface area contributed by atoms with E-state index in [9.17, 15) is 4.57 Å². The van der Waals surface area contributed by atoms with E-state index in [-0.39, 0.29) is 0 Å². The predicted octanol–water partition coefficient (Wildman–Crippen LogP) is 0.365. The predicted molar refractivity (Wildman–Crippen MR) is 63.5 cm³/mol. The normalized spacial score (nSPS) is 24.3. The van der Waals surface area contributed by atoms with Crippen LogP contribution in [-0.4, -0.2) is 62.7 Å². The Morgan fingerprint density at radius 3 is 1.67 bits per heavy atom. The lowest BCUT2D eigenvalue weighted by atomic mass is 10.5. The summed E-state index contributed by atoms with van der Waals surface area (Å²) in [6.07, 6.45) is 0. The minimum atomic E-state index is -3.58. The van der Waals surface area contributed by atoms with E-state index in [0.717, 1.165) is 0 Å². The van der Waals surface area contributed by atoms with E-state index in [0.29, 0.717) is 52.6 Å². The molecule has 2 aliphatic heterocycles. The van der Waals surface area contributed by atoms with Crippen LogP contribution in [0.3, 0.4) is 0 Å². The third-order valence-corrected chi connectivity index (χ3v) is 4.21. The number of hydroxylamine groups is 4. The molecule has 0 unspecified atom stereocenters. The van der Waals surface area contributed by atoms with Crippen LogP contribution in [0.5, 0.6) is 0 Å². The fourth-order valence-electron chi connectivity index (χ4n) is 1.61. The molecule has 2 aliphatic rings. The molecule has 0 atom stereocenters. The Hall–Kier alpha value is 0.240. The molecule has 0 radical (unpaired) electrons. The zero-order chi connectivity index (χ0) is 12.8. The summed E-state index contributed by atoms with van der Waals surface area (Å²) in [4.78, 5) is 0. The molecule has 10 heteroatoms. The molecule has 0 aromatic heterocycles. The van der Waals surface area contributed by atoms with Gasteiger partial charge in [0.2, 0.25) is 0 Å². The van der Waals surface area contributed by atoms with Crippen LogP contribution in [0.1, 0.15) is 0 Å². The fraction of sp³-hybridized carbons (Fsp3) is 1.00. The highest BCUT2D eigenvalue weighted by atomic mass is 35.5. The summed E-state index contributed by atoms with van der Waals surface area (Å²) < 4.78 is 35.3. The van der Waals surface area contributed by atoms with Gasteiger partial charge in [-0.2, -0.15) is 10.1 Å². The van der Waals surface area contributed by atoms with E-state index >= 15 is 0 Å². The Kier molecular flexibility index (Phi) is 5.81. The van der Waals surface area contributed by atoms with Crippen molar-refractivity contribution < 1.29 is 23.3 Å². The molecule has 106 valence electrons. The van der Waals surface area contributed by atoms with Crippen LogP contribution in [0.4, 0.5) is 0 Å². The first-order valence-electron chi connectivity index (χ1n) is 5.75. The van der Waals surface area contributed by atoms with E-state index in [4.69, 9.17) is 30.5 Å². The standard InChI is InChI=1S/C8H17ClN3O5P/c9-10-18(13,16-11-1-5-14-6-2-11)17-12-3-7-15-8-4-12/h1-8H2,(H,10,13). The molecule has 2 rings (SSSR count). The molecular weight excluding hydrogens is 285 g/mol. The van der Waals surface area contributed by atoms with Crippen molar-refractivity contribution in [3.8, 4) is 0 Å². The van der Waals surface area contributed by atoms with Crippen LogP contribution < -0.4 is 4.61 Å². The van der Waals surface area contributed by atoms with Crippen molar-refractivity contribution in [2.45, 2.75) is 0 Å². The van der Waals surface area contributed by atoms with Crippen molar-refractivity contribution in [1.82, 2.24) is 14.7 Å². The lowest BCUT2D eigenvalue weighted by Gasteiger charge is -2.32. The van der Waals surface area contributed by atoms with Crippen molar-refractivity contribution >= 4 is 19.5 Å². The molecule has 8 nitrogen and oxygen atoms in total. The average Bonchev–Trinajstić information content (AvgIpc) is 2.41. The highest BCUT2D eigenvalue weighted by Gasteiger charge is 2.32. The SMILES string of the molecule is O=P(NCl)(ON1CCOCC1)ON1CCOCC1. The average molecular weight is 302 g/mol. The number of rotatable bonds is 5. The lowest BCUT2D eigenvalue weighted by Crippen LogP contribution is -2.39. The van der Waals surface area contributed by atoms with Crippen LogP contribution in [0, 0.1) is 0 Å². The van der Waals surface area contributed by atoms with Gasteiger partial charge in [0.25, 0.3) is 0 Å². The van der Waals surface area contributed by atoms with E-state index in [1.807, 2.05) is 0 Å². The molecule has 2 heterocycles. The zero-order valence-electron chi connectivity index (χ0n) is 9.92. The van der Waals surface area contributed by atoms with Crippen LogP contribution in [-0.2, 0) is 23.3 Å². The van der Waals surface area contributed by atoms with Crippen molar-refractivity contribution in [3.05, 3.63) is 0 Å². The third kappa shape index (κ3) is 4.41. The van der Waals surface area contributed by atoms with Gasteiger partial charge in [0, 0.05) is 26.2 Å². The summed E-state index contributed by atoms with van der Waals surface area (Å²) in [6.45, 7) is 4.20. The second-order valence-electron chi connectivity index (χ2n) is 3.83. The summed E-state index contributed by atoms with van der Waals surface area (Å²) in [5.41, 5.74) is 0. The van der Waals surface area contributed by atoms with Gasteiger partial charge in [-0.05, 0) is 11.8 Å². The van der Waals surface area contributed by atoms with E-state index in [2.05, 4.69) is 4.61 Å². The Bertz CT molecular complexity index is 274. The molecule has 0 amide bonds. The highest BCUT2D eigenvalue weighted by molar-refractivity contribution is 7.52. The molecule has 0 bridgehead atoms. The van der Waals surface area contributed by atoms with Crippen LogP contribution in [0.15, 0.2) is 0 Å². The van der Waals surface area contributed by atoms with E-state index < -0.39 is 7.75 Å². The molecule has 0 aromatic rings. The molecule has 0 spiro atoms. The first kappa shape index (κ1) is 14.6. The van der Waals surface area contributed by atoms with Gasteiger partial charge >= 0.3 is 7.75 Å². The molecular formula is C8H17ClN3O5P. The number of nitrogens with one attached hydrogen (secondary N) is 1. The third-order valence-electron chi connectivity index (χ3n) is 2.49. The summed E-state index contributed by atoms with van der Waals surface area (Å²) in [5.74, 6) is 0. The second kappa shape index (κ2) is 7.14. The Labute approximate surface area is 111 Å². The van der Waals surface area contributed by atoms with Gasteiger partial charge < -0.3 is 9.47 Å². The molecule has 1 N–H and O–H groups in total. The molecule has 0 saturated carbocycles. The maximum Gasteiger partial charge on any atom is 0.452 e. The number of nitrogens with zero attached hydrogens (tertiary/aromatic N) is 2. The Morgan fingerprint density at radius 2 is 1.33 bits per heavy atom. The highest BCUT2D eigenvalue weighted by Crippen LogP contribution is 2.46. The van der Waals surface area contributed by atoms with Crippen molar-refractivity contribution in [3.63, 3.8) is 0 Å². The van der Waals surface area contributed by atoms with Crippen LogP contribution in [0.25, 0.3) is 0 Å². The first-order chi connectivity index (χ1) is 8.72. The summed E-state index contributed by atoms with van der Waals surface area (Å²) in [5, 5.41) is 3.06. The Balaban J connectivity index is 1.85.